The molecule has 0 heterocycles. The first-order chi connectivity index (χ1) is 7.77. The predicted octanol–water partition coefficient (Wildman–Crippen LogP) is 2.85. The van der Waals surface area contributed by atoms with E-state index in [2.05, 4.69) is 10.0 Å². The summed E-state index contributed by atoms with van der Waals surface area (Å²) < 4.78 is 0. The lowest BCUT2D eigenvalue weighted by atomic mass is 10.1. The minimum absolute atomic E-state index is 0.443. The first-order valence-corrected chi connectivity index (χ1v) is 4.75. The fraction of sp³-hybridized carbons (Fsp3) is 0.182. The molecule has 0 aromatic heterocycles. The van der Waals surface area contributed by atoms with Gasteiger partial charge in [-0.25, -0.2) is 0 Å². The van der Waals surface area contributed by atoms with Crippen LogP contribution in [0.4, 0.5) is 5.69 Å². The van der Waals surface area contributed by atoms with Crippen molar-refractivity contribution in [1.29, 1.82) is 5.26 Å². The van der Waals surface area contributed by atoms with E-state index in [1.807, 2.05) is 24.3 Å². The van der Waals surface area contributed by atoms with Crippen molar-refractivity contribution in [3.05, 3.63) is 45.8 Å². The zero-order valence-electron chi connectivity index (χ0n) is 8.67. The van der Waals surface area contributed by atoms with Crippen LogP contribution in [0.2, 0.25) is 0 Å². The van der Waals surface area contributed by atoms with E-state index in [0.29, 0.717) is 24.2 Å². The fourth-order valence-corrected chi connectivity index (χ4v) is 1.18. The molecule has 0 saturated carbocycles. The van der Waals surface area contributed by atoms with Gasteiger partial charge in [-0.2, -0.15) is 5.26 Å². The Balaban J connectivity index is 2.65. The average molecular weight is 213 g/mol. The molecule has 0 spiro atoms. The molecule has 80 valence electrons. The van der Waals surface area contributed by atoms with Crippen molar-refractivity contribution in [3.63, 3.8) is 0 Å². The molecular weight excluding hydrogens is 202 g/mol. The van der Waals surface area contributed by atoms with E-state index in [0.717, 1.165) is 5.56 Å². The van der Waals surface area contributed by atoms with Crippen LogP contribution in [0.1, 0.15) is 17.5 Å². The lowest BCUT2D eigenvalue weighted by molar-refractivity contribution is 0.996. The maximum absolute atomic E-state index is 8.69. The van der Waals surface area contributed by atoms with Gasteiger partial charge in [-0.3, -0.25) is 0 Å². The Bertz CT molecular complexity index is 478. The molecule has 0 fully saturated rings. The summed E-state index contributed by atoms with van der Waals surface area (Å²) >= 11 is 0. The summed E-state index contributed by atoms with van der Waals surface area (Å²) in [6, 6.07) is 7.24. The maximum Gasteiger partial charge on any atom is 0.101 e. The van der Waals surface area contributed by atoms with Gasteiger partial charge in [-0.1, -0.05) is 23.3 Å². The Morgan fingerprint density at radius 3 is 3.00 bits per heavy atom. The summed E-state index contributed by atoms with van der Waals surface area (Å²) in [5, 5.41) is 12.1. The lowest BCUT2D eigenvalue weighted by Crippen LogP contribution is -1.90. The van der Waals surface area contributed by atoms with Crippen molar-refractivity contribution in [1.82, 2.24) is 0 Å². The van der Waals surface area contributed by atoms with Crippen molar-refractivity contribution in [2.24, 2.45) is 5.11 Å². The van der Waals surface area contributed by atoms with Gasteiger partial charge in [-0.05, 0) is 29.6 Å². The highest BCUT2D eigenvalue weighted by Gasteiger charge is 1.96. The van der Waals surface area contributed by atoms with Gasteiger partial charge in [0, 0.05) is 11.5 Å². The topological polar surface area (TPSA) is 98.6 Å². The van der Waals surface area contributed by atoms with Crippen LogP contribution in [0.5, 0.6) is 0 Å². The highest BCUT2D eigenvalue weighted by atomic mass is 15.1. The molecule has 0 unspecified atom stereocenters. The molecule has 0 atom stereocenters. The van der Waals surface area contributed by atoms with Crippen LogP contribution in [-0.2, 0) is 0 Å². The third-order valence-electron chi connectivity index (χ3n) is 1.97. The predicted molar refractivity (Wildman–Crippen MR) is 63.2 cm³/mol. The quantitative estimate of drug-likeness (QED) is 0.273. The van der Waals surface area contributed by atoms with Crippen LogP contribution in [0.3, 0.4) is 0 Å². The van der Waals surface area contributed by atoms with Crippen molar-refractivity contribution < 1.29 is 0 Å². The van der Waals surface area contributed by atoms with E-state index in [9.17, 15) is 0 Å². The number of benzene rings is 1. The zero-order valence-corrected chi connectivity index (χ0v) is 8.67. The highest BCUT2D eigenvalue weighted by molar-refractivity contribution is 5.62. The first kappa shape index (κ1) is 11.6. The van der Waals surface area contributed by atoms with Crippen LogP contribution in [0.25, 0.3) is 16.5 Å². The van der Waals surface area contributed by atoms with Crippen LogP contribution in [-0.4, -0.2) is 6.54 Å². The molecule has 0 radical (unpaired) electrons. The Kier molecular flexibility index (Phi) is 4.45. The van der Waals surface area contributed by atoms with Crippen LogP contribution in [0.15, 0.2) is 29.4 Å². The summed E-state index contributed by atoms with van der Waals surface area (Å²) in [4.78, 5) is 2.65. The van der Waals surface area contributed by atoms with Gasteiger partial charge >= 0.3 is 0 Å². The van der Waals surface area contributed by atoms with Crippen LogP contribution >= 0.6 is 0 Å². The van der Waals surface area contributed by atoms with Gasteiger partial charge in [0.25, 0.3) is 0 Å². The second-order valence-electron chi connectivity index (χ2n) is 3.10. The van der Waals surface area contributed by atoms with Crippen LogP contribution in [0, 0.1) is 11.3 Å². The molecule has 1 aromatic rings. The molecule has 1 aromatic carbocycles. The Morgan fingerprint density at radius 2 is 2.38 bits per heavy atom. The number of hydrogen-bond acceptors (Lipinski definition) is 3. The van der Waals surface area contributed by atoms with Crippen molar-refractivity contribution in [3.8, 4) is 6.07 Å². The van der Waals surface area contributed by atoms with Gasteiger partial charge in [0.15, 0.2) is 0 Å². The van der Waals surface area contributed by atoms with E-state index in [4.69, 9.17) is 16.5 Å². The minimum atomic E-state index is 0.443. The fourth-order valence-electron chi connectivity index (χ4n) is 1.18. The Hall–Kier alpha value is -2.44. The monoisotopic (exact) mass is 213 g/mol. The van der Waals surface area contributed by atoms with Gasteiger partial charge in [0.2, 0.25) is 0 Å². The molecule has 5 heteroatoms. The van der Waals surface area contributed by atoms with Gasteiger partial charge in [0.05, 0.1) is 11.3 Å². The molecule has 0 amide bonds. The first-order valence-electron chi connectivity index (χ1n) is 4.75. The molecular formula is C11H11N5. The summed E-state index contributed by atoms with van der Waals surface area (Å²) in [6.45, 7) is 0.443. The number of nitrogen functional groups attached to an aromatic ring is 1. The molecule has 0 bridgehead atoms. The van der Waals surface area contributed by atoms with Crippen molar-refractivity contribution in [2.45, 2.75) is 6.42 Å². The number of nitrogens with two attached hydrogens (primary N) is 1. The van der Waals surface area contributed by atoms with Crippen molar-refractivity contribution in [2.75, 3.05) is 12.3 Å². The van der Waals surface area contributed by atoms with Gasteiger partial charge in [-0.15, -0.1) is 0 Å². The molecule has 16 heavy (non-hydrogen) atoms. The average Bonchev–Trinajstić information content (AvgIpc) is 2.29. The molecule has 0 aliphatic rings. The number of nitrogens with zero attached hydrogens (tertiary/aromatic N) is 4. The number of nitriles is 1. The maximum atomic E-state index is 8.69. The third-order valence-corrected chi connectivity index (χ3v) is 1.97. The third kappa shape index (κ3) is 3.37. The van der Waals surface area contributed by atoms with Gasteiger partial charge < -0.3 is 5.73 Å². The molecule has 2 N–H and O–H groups in total. The summed E-state index contributed by atoms with van der Waals surface area (Å²) in [7, 11) is 0. The second kappa shape index (κ2) is 6.12. The lowest BCUT2D eigenvalue weighted by Gasteiger charge is -1.98. The Morgan fingerprint density at radius 1 is 1.56 bits per heavy atom. The largest absolute Gasteiger partial charge is 0.398 e. The molecule has 0 aliphatic heterocycles. The molecule has 5 nitrogen and oxygen atoms in total. The zero-order chi connectivity index (χ0) is 11.8. The van der Waals surface area contributed by atoms with E-state index < -0.39 is 0 Å². The highest BCUT2D eigenvalue weighted by Crippen LogP contribution is 2.14. The summed E-state index contributed by atoms with van der Waals surface area (Å²) in [5.41, 5.74) is 15.6. The minimum Gasteiger partial charge on any atom is -0.398 e. The van der Waals surface area contributed by atoms with E-state index in [1.54, 1.807) is 12.1 Å². The molecule has 0 aliphatic carbocycles. The summed E-state index contributed by atoms with van der Waals surface area (Å²) in [5.74, 6) is 0. The normalized spacial score (nSPS) is 9.69. The summed E-state index contributed by atoms with van der Waals surface area (Å²) in [6.07, 6.45) is 4.46. The van der Waals surface area contributed by atoms with E-state index in [-0.39, 0.29) is 0 Å². The van der Waals surface area contributed by atoms with E-state index >= 15 is 0 Å². The number of rotatable bonds is 4. The standard InChI is InChI=1S/C11H11N5/c12-8-10-5-4-9(7-11(10)13)3-1-2-6-15-16-14/h1,3-5,7H,2,6,13H2. The molecule has 1 rings (SSSR count). The number of hydrogen-bond donors (Lipinski definition) is 1. The van der Waals surface area contributed by atoms with E-state index in [1.165, 1.54) is 0 Å². The van der Waals surface area contributed by atoms with Crippen LogP contribution < -0.4 is 5.73 Å². The number of azide groups is 1. The van der Waals surface area contributed by atoms with Gasteiger partial charge in [0.1, 0.15) is 6.07 Å². The van der Waals surface area contributed by atoms with Crippen molar-refractivity contribution >= 4 is 11.8 Å². The SMILES string of the molecule is N#Cc1ccc(C=CCCN=[N+]=[N-])cc1N. The smallest absolute Gasteiger partial charge is 0.101 e. The number of anilines is 1. The second-order valence-corrected chi connectivity index (χ2v) is 3.10. The molecule has 0 saturated heterocycles. The Labute approximate surface area is 93.4 Å².